The van der Waals surface area contributed by atoms with E-state index < -0.39 is 11.9 Å². The van der Waals surface area contributed by atoms with Gasteiger partial charge in [0.25, 0.3) is 0 Å². The molecular weight excluding hydrogens is 342 g/mol. The molecule has 0 aliphatic carbocycles. The molecule has 0 fully saturated rings. The molecule has 0 saturated heterocycles. The van der Waals surface area contributed by atoms with Crippen LogP contribution in [0.2, 0.25) is 0 Å². The Hall–Kier alpha value is -2.91. The van der Waals surface area contributed by atoms with Crippen LogP contribution in [0.4, 0.5) is 5.69 Å². The van der Waals surface area contributed by atoms with Crippen LogP contribution in [0.1, 0.15) is 0 Å². The second-order valence-corrected chi connectivity index (χ2v) is 5.55. The van der Waals surface area contributed by atoms with Gasteiger partial charge in [-0.15, -0.1) is 0 Å². The van der Waals surface area contributed by atoms with Crippen molar-refractivity contribution >= 4 is 28.5 Å². The number of methoxy groups -OCH3 is 2. The monoisotopic (exact) mass is 361 g/mol. The van der Waals surface area contributed by atoms with Crippen LogP contribution in [-0.4, -0.2) is 61.0 Å². The van der Waals surface area contributed by atoms with E-state index >= 15 is 0 Å². The molecule has 2 heterocycles. The highest BCUT2D eigenvalue weighted by atomic mass is 16.5. The van der Waals surface area contributed by atoms with E-state index in [0.29, 0.717) is 12.2 Å². The highest BCUT2D eigenvalue weighted by Crippen LogP contribution is 2.29. The van der Waals surface area contributed by atoms with Crippen LogP contribution < -0.4 is 4.90 Å². The van der Waals surface area contributed by atoms with Crippen LogP contribution in [0, 0.1) is 0 Å². The number of esters is 2. The van der Waals surface area contributed by atoms with Gasteiger partial charge in [-0.25, -0.2) is 9.59 Å². The first-order valence-electron chi connectivity index (χ1n) is 7.92. The van der Waals surface area contributed by atoms with E-state index in [9.17, 15) is 9.59 Å². The molecule has 0 saturated carbocycles. The number of carbonyl (C=O) groups is 2. The van der Waals surface area contributed by atoms with Crippen LogP contribution in [0.25, 0.3) is 10.9 Å². The number of carbonyl (C=O) groups excluding carboxylic acids is 2. The summed E-state index contributed by atoms with van der Waals surface area (Å²) in [5.41, 5.74) is 1.68. The first kappa shape index (κ1) is 17.9. The fraction of sp³-hybridized carbons (Fsp3) is 0.353. The largest absolute Gasteiger partial charge is 0.466 e. The number of anilines is 1. The second-order valence-electron chi connectivity index (χ2n) is 5.55. The number of rotatable bonds is 5. The van der Waals surface area contributed by atoms with Crippen molar-refractivity contribution in [1.29, 1.82) is 0 Å². The molecular formula is C17H19N3O6. The molecule has 0 atom stereocenters. The highest BCUT2D eigenvalue weighted by molar-refractivity contribution is 6.03. The predicted molar refractivity (Wildman–Crippen MR) is 91.2 cm³/mol. The Labute approximate surface area is 149 Å². The van der Waals surface area contributed by atoms with E-state index in [-0.39, 0.29) is 31.2 Å². The first-order valence-corrected chi connectivity index (χ1v) is 7.92. The van der Waals surface area contributed by atoms with Crippen LogP contribution >= 0.6 is 0 Å². The minimum Gasteiger partial charge on any atom is -0.466 e. The molecule has 1 aliphatic rings. The summed E-state index contributed by atoms with van der Waals surface area (Å²) in [6.45, 7) is 0.414. The van der Waals surface area contributed by atoms with Gasteiger partial charge in [0.05, 0.1) is 51.3 Å². The molecule has 0 unspecified atom stereocenters. The maximum atomic E-state index is 12.3. The average molecular weight is 361 g/mol. The van der Waals surface area contributed by atoms with Crippen molar-refractivity contribution in [3.05, 3.63) is 35.7 Å². The van der Waals surface area contributed by atoms with Gasteiger partial charge < -0.3 is 24.2 Å². The predicted octanol–water partition coefficient (Wildman–Crippen LogP) is 0.423. The van der Waals surface area contributed by atoms with Gasteiger partial charge in [0, 0.05) is 11.1 Å². The number of aliphatic hydroxyl groups excluding tert-OH is 1. The summed E-state index contributed by atoms with van der Waals surface area (Å²) >= 11 is 0. The zero-order chi connectivity index (χ0) is 18.7. The minimum absolute atomic E-state index is 0.0176. The molecule has 1 N–H and O–H groups in total. The van der Waals surface area contributed by atoms with Gasteiger partial charge in [-0.1, -0.05) is 0 Å². The smallest absolute Gasteiger partial charge is 0.355 e. The van der Waals surface area contributed by atoms with Gasteiger partial charge in [0.1, 0.15) is 12.4 Å². The molecule has 138 valence electrons. The molecule has 0 spiro atoms. The number of benzene rings is 1. The first-order chi connectivity index (χ1) is 12.6. The zero-order valence-electron chi connectivity index (χ0n) is 14.5. The molecule has 1 aliphatic heterocycles. The zero-order valence-corrected chi connectivity index (χ0v) is 14.5. The topological polar surface area (TPSA) is 103 Å². The number of nitrogens with zero attached hydrogens (tertiary/aromatic N) is 3. The molecule has 0 bridgehead atoms. The molecule has 9 nitrogen and oxygen atoms in total. The Morgan fingerprint density at radius 3 is 2.73 bits per heavy atom. The van der Waals surface area contributed by atoms with Crippen molar-refractivity contribution in [3.63, 3.8) is 0 Å². The Morgan fingerprint density at radius 1 is 1.27 bits per heavy atom. The van der Waals surface area contributed by atoms with Crippen molar-refractivity contribution in [2.24, 2.45) is 0 Å². The lowest BCUT2D eigenvalue weighted by molar-refractivity contribution is -0.140. The van der Waals surface area contributed by atoms with Crippen molar-refractivity contribution in [3.8, 4) is 0 Å². The number of aromatic nitrogens is 2. The molecule has 1 aromatic heterocycles. The van der Waals surface area contributed by atoms with E-state index in [1.165, 1.54) is 14.2 Å². The summed E-state index contributed by atoms with van der Waals surface area (Å²) in [7, 11) is 2.49. The van der Waals surface area contributed by atoms with E-state index in [4.69, 9.17) is 19.3 Å². The van der Waals surface area contributed by atoms with E-state index in [1.807, 2.05) is 12.1 Å². The van der Waals surface area contributed by atoms with Crippen LogP contribution in [0.5, 0.6) is 0 Å². The lowest BCUT2D eigenvalue weighted by Gasteiger charge is -2.31. The number of fused-ring (bicyclic) bond motifs is 1. The lowest BCUT2D eigenvalue weighted by Crippen LogP contribution is -2.38. The highest BCUT2D eigenvalue weighted by Gasteiger charge is 2.32. The van der Waals surface area contributed by atoms with E-state index in [2.05, 4.69) is 5.10 Å². The van der Waals surface area contributed by atoms with Gasteiger partial charge in [0.2, 0.25) is 0 Å². The molecule has 26 heavy (non-hydrogen) atoms. The van der Waals surface area contributed by atoms with Gasteiger partial charge in [-0.3, -0.25) is 4.68 Å². The average Bonchev–Trinajstić information content (AvgIpc) is 3.08. The molecule has 0 radical (unpaired) electrons. The van der Waals surface area contributed by atoms with Gasteiger partial charge >= 0.3 is 11.9 Å². The number of aliphatic hydroxyl groups is 1. The maximum absolute atomic E-state index is 12.3. The minimum atomic E-state index is -0.648. The molecule has 9 heteroatoms. The van der Waals surface area contributed by atoms with E-state index in [1.54, 1.807) is 21.8 Å². The Bertz CT molecular complexity index is 873. The Kier molecular flexibility index (Phi) is 5.19. The molecule has 2 aromatic rings. The van der Waals surface area contributed by atoms with Crippen LogP contribution in [0.15, 0.2) is 35.7 Å². The third kappa shape index (κ3) is 3.14. The summed E-state index contributed by atoms with van der Waals surface area (Å²) in [4.78, 5) is 25.9. The Morgan fingerprint density at radius 2 is 2.04 bits per heavy atom. The maximum Gasteiger partial charge on any atom is 0.355 e. The van der Waals surface area contributed by atoms with Gasteiger partial charge in [0.15, 0.2) is 0 Å². The second kappa shape index (κ2) is 7.54. The van der Waals surface area contributed by atoms with E-state index in [0.717, 1.165) is 10.9 Å². The molecule has 0 amide bonds. The SMILES string of the molecule is COC(=O)C1=C(C(=O)OC)N(c2ccc3c(cnn3CCO)c2)COC1. The summed E-state index contributed by atoms with van der Waals surface area (Å²) in [5, 5.41) is 14.1. The van der Waals surface area contributed by atoms with Crippen LogP contribution in [0.3, 0.4) is 0 Å². The van der Waals surface area contributed by atoms with Gasteiger partial charge in [-0.05, 0) is 18.2 Å². The van der Waals surface area contributed by atoms with Gasteiger partial charge in [-0.2, -0.15) is 5.10 Å². The number of hydrogen-bond donors (Lipinski definition) is 1. The number of hydrogen-bond acceptors (Lipinski definition) is 8. The number of ether oxygens (including phenoxy) is 3. The normalized spacial score (nSPS) is 14.7. The standard InChI is InChI=1S/C17H19N3O6/c1-24-16(22)13-9-26-10-19(15(13)17(23)25-2)12-3-4-14-11(7-12)8-18-20(14)5-6-21/h3-4,7-8,21H,5-6,9-10H2,1-2H3. The third-order valence-electron chi connectivity index (χ3n) is 4.08. The van der Waals surface area contributed by atoms with Crippen LogP contribution in [-0.2, 0) is 30.3 Å². The van der Waals surface area contributed by atoms with Crippen molar-refractivity contribution in [2.75, 3.05) is 39.1 Å². The third-order valence-corrected chi connectivity index (χ3v) is 4.08. The summed E-state index contributed by atoms with van der Waals surface area (Å²) in [6.07, 6.45) is 1.67. The molecule has 1 aromatic carbocycles. The Balaban J connectivity index is 2.07. The summed E-state index contributed by atoms with van der Waals surface area (Å²) < 4.78 is 16.7. The fourth-order valence-corrected chi connectivity index (χ4v) is 2.86. The summed E-state index contributed by atoms with van der Waals surface area (Å²) in [5.74, 6) is -1.29. The van der Waals surface area contributed by atoms with Crippen molar-refractivity contribution in [2.45, 2.75) is 6.54 Å². The quantitative estimate of drug-likeness (QED) is 0.765. The lowest BCUT2D eigenvalue weighted by atomic mass is 10.1. The molecule has 3 rings (SSSR count). The van der Waals surface area contributed by atoms with Crippen molar-refractivity contribution < 1.29 is 28.9 Å². The summed E-state index contributed by atoms with van der Waals surface area (Å²) in [6, 6.07) is 5.43. The van der Waals surface area contributed by atoms with Crippen molar-refractivity contribution in [1.82, 2.24) is 9.78 Å². The fourth-order valence-electron chi connectivity index (χ4n) is 2.86.